The summed E-state index contributed by atoms with van der Waals surface area (Å²) in [6, 6.07) is 0.397. The molecular weight excluding hydrogens is 232 g/mol. The van der Waals surface area contributed by atoms with Crippen molar-refractivity contribution in [3.05, 3.63) is 5.69 Å². The van der Waals surface area contributed by atoms with Gasteiger partial charge in [0.05, 0.1) is 6.54 Å². The zero-order valence-electron chi connectivity index (χ0n) is 11.0. The molecule has 1 amide bonds. The molecule has 100 valence electrons. The molecule has 0 aromatic carbocycles. The van der Waals surface area contributed by atoms with E-state index >= 15 is 0 Å². The lowest BCUT2D eigenvalue weighted by Gasteiger charge is -2.14. The van der Waals surface area contributed by atoms with Crippen molar-refractivity contribution < 1.29 is 14.0 Å². The Morgan fingerprint density at radius 2 is 2.17 bits per heavy atom. The van der Waals surface area contributed by atoms with E-state index in [0.29, 0.717) is 18.5 Å². The normalized spacial score (nSPS) is 16.8. The molecule has 0 unspecified atom stereocenters. The van der Waals surface area contributed by atoms with Gasteiger partial charge in [0.2, 0.25) is 11.2 Å². The standard InChI is InChI=1S/C12H20N4O2/c1-9(17)14-12-11(8-13-2)16(15-18-12)10-6-4-3-5-7-10/h10,13H,3-8H2,1-2H3/p+1. The van der Waals surface area contributed by atoms with Crippen molar-refractivity contribution in [1.82, 2.24) is 10.6 Å². The molecule has 6 nitrogen and oxygen atoms in total. The summed E-state index contributed by atoms with van der Waals surface area (Å²) in [4.78, 5) is 11.1. The van der Waals surface area contributed by atoms with Crippen LogP contribution in [-0.4, -0.2) is 18.2 Å². The monoisotopic (exact) mass is 253 g/mol. The van der Waals surface area contributed by atoms with Crippen LogP contribution in [0.5, 0.6) is 0 Å². The number of aromatic nitrogens is 2. The van der Waals surface area contributed by atoms with Gasteiger partial charge < -0.3 is 5.32 Å². The molecule has 0 radical (unpaired) electrons. The van der Waals surface area contributed by atoms with E-state index in [0.717, 1.165) is 18.5 Å². The van der Waals surface area contributed by atoms with Crippen LogP contribution < -0.4 is 15.3 Å². The van der Waals surface area contributed by atoms with E-state index in [-0.39, 0.29) is 5.91 Å². The first kappa shape index (κ1) is 13.0. The summed E-state index contributed by atoms with van der Waals surface area (Å²) in [5, 5.41) is 9.88. The molecule has 1 fully saturated rings. The maximum Gasteiger partial charge on any atom is 0.306 e. The van der Waals surface area contributed by atoms with Gasteiger partial charge in [-0.25, -0.2) is 0 Å². The molecule has 1 aromatic rings. The molecule has 6 heteroatoms. The predicted molar refractivity (Wildman–Crippen MR) is 65.9 cm³/mol. The van der Waals surface area contributed by atoms with Crippen molar-refractivity contribution in [3.8, 4) is 0 Å². The zero-order valence-corrected chi connectivity index (χ0v) is 11.0. The number of nitrogens with one attached hydrogen (secondary N) is 2. The number of carbonyl (C=O) groups is 1. The van der Waals surface area contributed by atoms with Gasteiger partial charge in [-0.3, -0.25) is 14.6 Å². The summed E-state index contributed by atoms with van der Waals surface area (Å²) in [6.07, 6.45) is 6.04. The smallest absolute Gasteiger partial charge is 0.306 e. The molecule has 0 bridgehead atoms. The van der Waals surface area contributed by atoms with Gasteiger partial charge >= 0.3 is 5.88 Å². The summed E-state index contributed by atoms with van der Waals surface area (Å²) < 4.78 is 7.18. The van der Waals surface area contributed by atoms with Crippen molar-refractivity contribution in [1.29, 1.82) is 0 Å². The van der Waals surface area contributed by atoms with Gasteiger partial charge in [-0.15, -0.1) is 0 Å². The minimum atomic E-state index is -0.140. The number of rotatable bonds is 4. The minimum absolute atomic E-state index is 0.140. The molecule has 2 N–H and O–H groups in total. The van der Waals surface area contributed by atoms with Crippen molar-refractivity contribution in [3.63, 3.8) is 0 Å². The quantitative estimate of drug-likeness (QED) is 0.790. The number of anilines is 1. The van der Waals surface area contributed by atoms with Gasteiger partial charge in [0, 0.05) is 19.8 Å². The second kappa shape index (κ2) is 5.95. The fraction of sp³-hybridized carbons (Fsp3) is 0.750. The predicted octanol–water partition coefficient (Wildman–Crippen LogP) is 1.15. The summed E-state index contributed by atoms with van der Waals surface area (Å²) in [6.45, 7) is 2.10. The van der Waals surface area contributed by atoms with Gasteiger partial charge in [-0.1, -0.05) is 6.42 Å². The van der Waals surface area contributed by atoms with Gasteiger partial charge in [0.25, 0.3) is 5.69 Å². The van der Waals surface area contributed by atoms with E-state index in [1.165, 1.54) is 26.2 Å². The number of amides is 1. The Hall–Kier alpha value is -1.43. The fourth-order valence-electron chi connectivity index (χ4n) is 2.49. The SMILES string of the molecule is CNCc1c(NC(C)=O)on[n+]1C1CCCCC1. The summed E-state index contributed by atoms with van der Waals surface area (Å²) >= 11 is 0. The molecule has 18 heavy (non-hydrogen) atoms. The molecule has 1 aliphatic rings. The second-order valence-electron chi connectivity index (χ2n) is 4.80. The van der Waals surface area contributed by atoms with Gasteiger partial charge in [-0.05, 0) is 24.6 Å². The highest BCUT2D eigenvalue weighted by Gasteiger charge is 2.32. The van der Waals surface area contributed by atoms with E-state index in [4.69, 9.17) is 4.52 Å². The first-order valence-electron chi connectivity index (χ1n) is 6.55. The van der Waals surface area contributed by atoms with Crippen LogP contribution in [0.25, 0.3) is 0 Å². The number of nitrogens with zero attached hydrogens (tertiary/aromatic N) is 2. The van der Waals surface area contributed by atoms with Crippen molar-refractivity contribution in [2.75, 3.05) is 12.4 Å². The Morgan fingerprint density at radius 1 is 1.44 bits per heavy atom. The van der Waals surface area contributed by atoms with E-state index in [1.807, 2.05) is 11.7 Å². The molecule has 1 heterocycles. The van der Waals surface area contributed by atoms with E-state index in [9.17, 15) is 4.79 Å². The lowest BCUT2D eigenvalue weighted by atomic mass is 9.95. The Bertz CT molecular complexity index is 410. The van der Waals surface area contributed by atoms with Crippen molar-refractivity contribution >= 4 is 11.8 Å². The first-order chi connectivity index (χ1) is 8.72. The van der Waals surface area contributed by atoms with E-state index in [2.05, 4.69) is 15.9 Å². The topological polar surface area (TPSA) is 71.0 Å². The molecule has 1 aromatic heterocycles. The third-order valence-electron chi connectivity index (χ3n) is 3.31. The van der Waals surface area contributed by atoms with E-state index in [1.54, 1.807) is 0 Å². The van der Waals surface area contributed by atoms with Gasteiger partial charge in [0.1, 0.15) is 0 Å². The van der Waals surface area contributed by atoms with Crippen LogP contribution in [0.2, 0.25) is 0 Å². The first-order valence-corrected chi connectivity index (χ1v) is 6.55. The van der Waals surface area contributed by atoms with Crippen LogP contribution in [0, 0.1) is 0 Å². The fourth-order valence-corrected chi connectivity index (χ4v) is 2.49. The Kier molecular flexibility index (Phi) is 4.30. The lowest BCUT2D eigenvalue weighted by Crippen LogP contribution is -2.46. The van der Waals surface area contributed by atoms with Crippen LogP contribution in [0.3, 0.4) is 0 Å². The van der Waals surface area contributed by atoms with Crippen molar-refractivity contribution in [2.24, 2.45) is 0 Å². The Labute approximate surface area is 107 Å². The third kappa shape index (κ3) is 2.87. The average molecular weight is 253 g/mol. The highest BCUT2D eigenvalue weighted by Crippen LogP contribution is 2.25. The number of carbonyl (C=O) groups excluding carboxylic acids is 1. The van der Waals surface area contributed by atoms with Crippen LogP contribution >= 0.6 is 0 Å². The van der Waals surface area contributed by atoms with Crippen LogP contribution in [0.1, 0.15) is 50.8 Å². The number of hydrogen-bond donors (Lipinski definition) is 2. The van der Waals surface area contributed by atoms with Crippen LogP contribution in [0.15, 0.2) is 4.52 Å². The molecule has 0 atom stereocenters. The lowest BCUT2D eigenvalue weighted by molar-refractivity contribution is -0.793. The van der Waals surface area contributed by atoms with Gasteiger partial charge in [0.15, 0.2) is 6.04 Å². The summed E-state index contributed by atoms with van der Waals surface area (Å²) in [5.74, 6) is 0.321. The maximum atomic E-state index is 11.1. The third-order valence-corrected chi connectivity index (χ3v) is 3.31. The maximum absolute atomic E-state index is 11.1. The largest absolute Gasteiger partial charge is 0.310 e. The Balaban J connectivity index is 2.22. The minimum Gasteiger partial charge on any atom is -0.310 e. The van der Waals surface area contributed by atoms with Crippen LogP contribution in [-0.2, 0) is 11.3 Å². The Morgan fingerprint density at radius 3 is 2.78 bits per heavy atom. The molecule has 0 spiro atoms. The van der Waals surface area contributed by atoms with Gasteiger partial charge in [-0.2, -0.15) is 0 Å². The summed E-state index contributed by atoms with van der Waals surface area (Å²) in [7, 11) is 1.87. The summed E-state index contributed by atoms with van der Waals surface area (Å²) in [5.41, 5.74) is 0.916. The molecule has 1 aliphatic carbocycles. The second-order valence-corrected chi connectivity index (χ2v) is 4.80. The molecule has 0 saturated heterocycles. The average Bonchev–Trinajstić information content (AvgIpc) is 2.73. The molecular formula is C12H21N4O2+. The highest BCUT2D eigenvalue weighted by molar-refractivity contribution is 5.87. The highest BCUT2D eigenvalue weighted by atomic mass is 16.5. The van der Waals surface area contributed by atoms with E-state index < -0.39 is 0 Å². The molecule has 0 aliphatic heterocycles. The number of hydrogen-bond acceptors (Lipinski definition) is 4. The van der Waals surface area contributed by atoms with Crippen molar-refractivity contribution in [2.45, 2.75) is 51.6 Å². The molecule has 1 saturated carbocycles. The molecule has 2 rings (SSSR count). The van der Waals surface area contributed by atoms with Crippen LogP contribution in [0.4, 0.5) is 5.88 Å². The zero-order chi connectivity index (χ0) is 13.0.